The predicted molar refractivity (Wildman–Crippen MR) is 76.0 cm³/mol. The van der Waals surface area contributed by atoms with Gasteiger partial charge in [-0.3, -0.25) is 14.9 Å². The van der Waals surface area contributed by atoms with Crippen LogP contribution >= 0.6 is 11.6 Å². The fourth-order valence-corrected chi connectivity index (χ4v) is 2.18. The minimum absolute atomic E-state index is 0.0151. The van der Waals surface area contributed by atoms with Gasteiger partial charge in [-0.2, -0.15) is 0 Å². The predicted octanol–water partition coefficient (Wildman–Crippen LogP) is 1.09. The first-order chi connectivity index (χ1) is 9.58. The Labute approximate surface area is 121 Å². The fraction of sp³-hybridized carbons (Fsp3) is 0.417. The molecule has 1 aliphatic heterocycles. The molecule has 0 saturated carbocycles. The Morgan fingerprint density at radius 3 is 2.80 bits per heavy atom. The zero-order valence-electron chi connectivity index (χ0n) is 10.8. The van der Waals surface area contributed by atoms with Crippen LogP contribution in [0, 0.1) is 10.1 Å². The van der Waals surface area contributed by atoms with E-state index in [1.165, 1.54) is 18.2 Å². The topological polar surface area (TPSA) is 87.5 Å². The smallest absolute Gasteiger partial charge is 0.292 e. The number of nitrogens with one attached hydrogen (secondary N) is 2. The molecule has 7 nitrogen and oxygen atoms in total. The zero-order valence-corrected chi connectivity index (χ0v) is 11.5. The van der Waals surface area contributed by atoms with Crippen LogP contribution in [0.15, 0.2) is 18.2 Å². The van der Waals surface area contributed by atoms with Crippen molar-refractivity contribution in [2.24, 2.45) is 0 Å². The third-order valence-electron chi connectivity index (χ3n) is 3.06. The van der Waals surface area contributed by atoms with Crippen molar-refractivity contribution in [1.29, 1.82) is 0 Å². The van der Waals surface area contributed by atoms with E-state index in [4.69, 9.17) is 11.6 Å². The molecular formula is C12H15ClN4O3. The van der Waals surface area contributed by atoms with Crippen LogP contribution in [0.2, 0.25) is 5.02 Å². The molecule has 108 valence electrons. The van der Waals surface area contributed by atoms with E-state index in [1.54, 1.807) is 4.90 Å². The van der Waals surface area contributed by atoms with Gasteiger partial charge in [0.05, 0.1) is 11.5 Å². The third-order valence-corrected chi connectivity index (χ3v) is 3.29. The first-order valence-corrected chi connectivity index (χ1v) is 6.62. The molecule has 1 aromatic rings. The molecule has 1 aliphatic rings. The van der Waals surface area contributed by atoms with E-state index in [0.29, 0.717) is 18.1 Å². The number of rotatable bonds is 4. The van der Waals surface area contributed by atoms with Gasteiger partial charge in [0.15, 0.2) is 0 Å². The van der Waals surface area contributed by atoms with Gasteiger partial charge < -0.3 is 15.5 Å². The number of nitrogens with zero attached hydrogens (tertiary/aromatic N) is 2. The number of hydrogen-bond acceptors (Lipinski definition) is 5. The van der Waals surface area contributed by atoms with Crippen molar-refractivity contribution in [3.8, 4) is 0 Å². The first kappa shape index (κ1) is 14.5. The van der Waals surface area contributed by atoms with Crippen LogP contribution < -0.4 is 10.6 Å². The zero-order chi connectivity index (χ0) is 14.5. The number of benzene rings is 1. The Morgan fingerprint density at radius 2 is 2.15 bits per heavy atom. The van der Waals surface area contributed by atoms with Gasteiger partial charge in [-0.15, -0.1) is 0 Å². The number of carbonyl (C=O) groups is 1. The summed E-state index contributed by atoms with van der Waals surface area (Å²) in [6.07, 6.45) is 0. The largest absolute Gasteiger partial charge is 0.371 e. The molecule has 1 aromatic carbocycles. The van der Waals surface area contributed by atoms with Gasteiger partial charge in [0, 0.05) is 37.3 Å². The highest BCUT2D eigenvalue weighted by Crippen LogP contribution is 2.27. The molecule has 1 saturated heterocycles. The Bertz CT molecular complexity index is 517. The molecule has 0 aliphatic carbocycles. The van der Waals surface area contributed by atoms with E-state index >= 15 is 0 Å². The Kier molecular flexibility index (Phi) is 4.75. The average molecular weight is 299 g/mol. The quantitative estimate of drug-likeness (QED) is 0.642. The van der Waals surface area contributed by atoms with Crippen molar-refractivity contribution >= 4 is 28.9 Å². The molecule has 0 bridgehead atoms. The first-order valence-electron chi connectivity index (χ1n) is 6.24. The maximum absolute atomic E-state index is 12.0. The van der Waals surface area contributed by atoms with Gasteiger partial charge >= 0.3 is 0 Å². The lowest BCUT2D eigenvalue weighted by atomic mass is 10.2. The molecule has 0 radical (unpaired) electrons. The number of nitro benzene ring substituents is 1. The summed E-state index contributed by atoms with van der Waals surface area (Å²) in [5.74, 6) is -0.0826. The molecule has 1 amide bonds. The van der Waals surface area contributed by atoms with Crippen molar-refractivity contribution < 1.29 is 9.72 Å². The lowest BCUT2D eigenvalue weighted by molar-refractivity contribution is -0.383. The van der Waals surface area contributed by atoms with Crippen LogP contribution in [0.4, 0.5) is 11.4 Å². The van der Waals surface area contributed by atoms with Gasteiger partial charge in [0.25, 0.3) is 5.69 Å². The second-order valence-corrected chi connectivity index (χ2v) is 4.84. The second kappa shape index (κ2) is 6.53. The number of amides is 1. The maximum atomic E-state index is 12.0. The summed E-state index contributed by atoms with van der Waals surface area (Å²) in [4.78, 5) is 24.1. The fourth-order valence-electron chi connectivity index (χ4n) is 2.01. The molecule has 1 fully saturated rings. The Hall–Kier alpha value is -1.86. The summed E-state index contributed by atoms with van der Waals surface area (Å²) in [7, 11) is 0. The highest BCUT2D eigenvalue weighted by atomic mass is 35.5. The Balaban J connectivity index is 2.01. The lowest BCUT2D eigenvalue weighted by Gasteiger charge is -2.27. The molecule has 0 atom stereocenters. The van der Waals surface area contributed by atoms with Crippen molar-refractivity contribution in [2.75, 3.05) is 38.0 Å². The van der Waals surface area contributed by atoms with Gasteiger partial charge in [-0.25, -0.2) is 0 Å². The SMILES string of the molecule is O=C(CNc1cc(Cl)ccc1[N+](=O)[O-])N1CCNCC1. The molecular weight excluding hydrogens is 284 g/mol. The van der Waals surface area contributed by atoms with Crippen molar-refractivity contribution in [2.45, 2.75) is 0 Å². The molecule has 8 heteroatoms. The van der Waals surface area contributed by atoms with Crippen molar-refractivity contribution in [3.05, 3.63) is 33.3 Å². The lowest BCUT2D eigenvalue weighted by Crippen LogP contribution is -2.48. The highest BCUT2D eigenvalue weighted by Gasteiger charge is 2.18. The summed E-state index contributed by atoms with van der Waals surface area (Å²) in [5, 5.41) is 17.2. The van der Waals surface area contributed by atoms with Crippen LogP contribution in [0.5, 0.6) is 0 Å². The van der Waals surface area contributed by atoms with E-state index in [2.05, 4.69) is 10.6 Å². The van der Waals surface area contributed by atoms with Gasteiger partial charge in [0.1, 0.15) is 5.69 Å². The summed E-state index contributed by atoms with van der Waals surface area (Å²) in [6.45, 7) is 2.85. The van der Waals surface area contributed by atoms with E-state index in [-0.39, 0.29) is 23.8 Å². The summed E-state index contributed by atoms with van der Waals surface area (Å²) in [6, 6.07) is 4.22. The minimum Gasteiger partial charge on any atom is -0.371 e. The molecule has 2 rings (SSSR count). The van der Waals surface area contributed by atoms with Crippen molar-refractivity contribution in [1.82, 2.24) is 10.2 Å². The van der Waals surface area contributed by atoms with E-state index in [9.17, 15) is 14.9 Å². The van der Waals surface area contributed by atoms with Gasteiger partial charge in [-0.05, 0) is 12.1 Å². The number of nitro groups is 1. The summed E-state index contributed by atoms with van der Waals surface area (Å²) >= 11 is 5.82. The van der Waals surface area contributed by atoms with Crippen LogP contribution in [0.25, 0.3) is 0 Å². The minimum atomic E-state index is -0.506. The summed E-state index contributed by atoms with van der Waals surface area (Å²) < 4.78 is 0. The van der Waals surface area contributed by atoms with Crippen LogP contribution in [-0.2, 0) is 4.79 Å². The van der Waals surface area contributed by atoms with E-state index in [0.717, 1.165) is 13.1 Å². The van der Waals surface area contributed by atoms with Crippen molar-refractivity contribution in [3.63, 3.8) is 0 Å². The molecule has 0 aromatic heterocycles. The molecule has 0 unspecified atom stereocenters. The van der Waals surface area contributed by atoms with E-state index in [1.807, 2.05) is 0 Å². The molecule has 1 heterocycles. The standard InChI is InChI=1S/C12H15ClN4O3/c13-9-1-2-11(17(19)20)10(7-9)15-8-12(18)16-5-3-14-4-6-16/h1-2,7,14-15H,3-6,8H2. The van der Waals surface area contributed by atoms with Crippen LogP contribution in [-0.4, -0.2) is 48.5 Å². The number of piperazine rings is 1. The van der Waals surface area contributed by atoms with Crippen LogP contribution in [0.3, 0.4) is 0 Å². The third kappa shape index (κ3) is 3.58. The summed E-state index contributed by atoms with van der Waals surface area (Å²) in [5.41, 5.74) is 0.161. The number of halogens is 1. The average Bonchev–Trinajstić information content (AvgIpc) is 2.45. The maximum Gasteiger partial charge on any atom is 0.292 e. The Morgan fingerprint density at radius 1 is 1.45 bits per heavy atom. The monoisotopic (exact) mass is 298 g/mol. The molecule has 0 spiro atoms. The second-order valence-electron chi connectivity index (χ2n) is 4.40. The van der Waals surface area contributed by atoms with E-state index < -0.39 is 4.92 Å². The normalized spacial score (nSPS) is 14.9. The van der Waals surface area contributed by atoms with Gasteiger partial charge in [-0.1, -0.05) is 11.6 Å². The van der Waals surface area contributed by atoms with Gasteiger partial charge in [0.2, 0.25) is 5.91 Å². The number of carbonyl (C=O) groups excluding carboxylic acids is 1. The highest BCUT2D eigenvalue weighted by molar-refractivity contribution is 6.31. The number of anilines is 1. The van der Waals surface area contributed by atoms with Crippen LogP contribution in [0.1, 0.15) is 0 Å². The molecule has 2 N–H and O–H groups in total. The molecule has 20 heavy (non-hydrogen) atoms. The number of hydrogen-bond donors (Lipinski definition) is 2.